The van der Waals surface area contributed by atoms with Gasteiger partial charge in [-0.25, -0.2) is 4.39 Å². The van der Waals surface area contributed by atoms with Crippen LogP contribution in [0.25, 0.3) is 10.9 Å². The highest BCUT2D eigenvalue weighted by Crippen LogP contribution is 2.19. The van der Waals surface area contributed by atoms with Gasteiger partial charge < -0.3 is 10.3 Å². The average Bonchev–Trinajstić information content (AvgIpc) is 2.44. The molecule has 3 rings (SSSR count). The minimum absolute atomic E-state index is 0.254. The topological polar surface area (TPSA) is 44.9 Å². The Balaban J connectivity index is 1.95. The van der Waals surface area contributed by atoms with Crippen molar-refractivity contribution in [1.82, 2.24) is 4.98 Å². The summed E-state index contributed by atoms with van der Waals surface area (Å²) in [5.41, 5.74) is 1.90. The zero-order valence-corrected chi connectivity index (χ0v) is 11.7. The molecule has 0 aliphatic heterocycles. The minimum Gasteiger partial charge on any atom is -0.381 e. The smallest absolute Gasteiger partial charge is 0.248 e. The summed E-state index contributed by atoms with van der Waals surface area (Å²) in [4.78, 5) is 14.3. The maximum atomic E-state index is 13.2. The standard InChI is InChI=1S/C16H12ClFN2O/c17-11-2-1-3-13(7-11)19-9-10-6-16(21)20-15-8-12(18)4-5-14(10)15/h1-8,19H,9H2,(H,20,21). The molecule has 0 aliphatic carbocycles. The Labute approximate surface area is 125 Å². The van der Waals surface area contributed by atoms with Gasteiger partial charge in [0, 0.05) is 28.7 Å². The van der Waals surface area contributed by atoms with Crippen LogP contribution in [0, 0.1) is 5.82 Å². The van der Waals surface area contributed by atoms with E-state index in [1.165, 1.54) is 18.2 Å². The molecule has 5 heteroatoms. The van der Waals surface area contributed by atoms with Gasteiger partial charge in [-0.3, -0.25) is 4.79 Å². The van der Waals surface area contributed by atoms with Crippen molar-refractivity contribution in [1.29, 1.82) is 0 Å². The van der Waals surface area contributed by atoms with E-state index in [9.17, 15) is 9.18 Å². The molecule has 1 aromatic heterocycles. The molecule has 3 aromatic rings. The van der Waals surface area contributed by atoms with E-state index in [0.29, 0.717) is 17.1 Å². The third-order valence-electron chi connectivity index (χ3n) is 3.20. The summed E-state index contributed by atoms with van der Waals surface area (Å²) >= 11 is 5.93. The summed E-state index contributed by atoms with van der Waals surface area (Å²) in [5, 5.41) is 4.65. The molecule has 0 amide bonds. The molecule has 0 spiro atoms. The second-order valence-electron chi connectivity index (χ2n) is 4.71. The highest BCUT2D eigenvalue weighted by molar-refractivity contribution is 6.30. The summed E-state index contributed by atoms with van der Waals surface area (Å²) < 4.78 is 13.2. The van der Waals surface area contributed by atoms with Crippen molar-refractivity contribution in [3.63, 3.8) is 0 Å². The first-order valence-corrected chi connectivity index (χ1v) is 6.80. The Hall–Kier alpha value is -2.33. The largest absolute Gasteiger partial charge is 0.381 e. The lowest BCUT2D eigenvalue weighted by Crippen LogP contribution is -2.09. The van der Waals surface area contributed by atoms with Crippen LogP contribution in [0.15, 0.2) is 53.3 Å². The van der Waals surface area contributed by atoms with E-state index in [0.717, 1.165) is 16.6 Å². The fourth-order valence-corrected chi connectivity index (χ4v) is 2.44. The summed E-state index contributed by atoms with van der Waals surface area (Å²) in [5.74, 6) is -0.377. The van der Waals surface area contributed by atoms with Gasteiger partial charge in [0.1, 0.15) is 5.82 Å². The van der Waals surface area contributed by atoms with Crippen LogP contribution in [0.5, 0.6) is 0 Å². The van der Waals surface area contributed by atoms with Crippen molar-refractivity contribution in [3.8, 4) is 0 Å². The molecule has 0 saturated carbocycles. The van der Waals surface area contributed by atoms with Gasteiger partial charge in [0.15, 0.2) is 0 Å². The molecule has 0 aliphatic rings. The van der Waals surface area contributed by atoms with Crippen LogP contribution < -0.4 is 10.9 Å². The minimum atomic E-state index is -0.377. The van der Waals surface area contributed by atoms with E-state index in [2.05, 4.69) is 10.3 Å². The summed E-state index contributed by atoms with van der Waals surface area (Å²) in [6, 6.07) is 13.2. The van der Waals surface area contributed by atoms with Crippen LogP contribution in [0.2, 0.25) is 5.02 Å². The van der Waals surface area contributed by atoms with Crippen LogP contribution >= 0.6 is 11.6 Å². The Morgan fingerprint density at radius 1 is 1.14 bits per heavy atom. The van der Waals surface area contributed by atoms with Crippen LogP contribution in [-0.4, -0.2) is 4.98 Å². The molecule has 0 radical (unpaired) electrons. The maximum absolute atomic E-state index is 13.2. The van der Waals surface area contributed by atoms with Crippen LogP contribution in [0.3, 0.4) is 0 Å². The number of anilines is 1. The van der Waals surface area contributed by atoms with Crippen LogP contribution in [0.1, 0.15) is 5.56 Å². The molecule has 1 heterocycles. The number of pyridine rings is 1. The number of rotatable bonds is 3. The first kappa shape index (κ1) is 13.6. The van der Waals surface area contributed by atoms with Gasteiger partial charge in [-0.05, 0) is 42.0 Å². The van der Waals surface area contributed by atoms with Gasteiger partial charge in [0.2, 0.25) is 5.56 Å². The molecule has 0 unspecified atom stereocenters. The van der Waals surface area contributed by atoms with Crippen molar-refractivity contribution >= 4 is 28.2 Å². The van der Waals surface area contributed by atoms with Crippen molar-refractivity contribution in [3.05, 3.63) is 75.3 Å². The van der Waals surface area contributed by atoms with Gasteiger partial charge in [-0.15, -0.1) is 0 Å². The second kappa shape index (κ2) is 5.58. The second-order valence-corrected chi connectivity index (χ2v) is 5.15. The number of nitrogens with one attached hydrogen (secondary N) is 2. The molecule has 0 atom stereocenters. The van der Waals surface area contributed by atoms with Crippen molar-refractivity contribution < 1.29 is 4.39 Å². The third-order valence-corrected chi connectivity index (χ3v) is 3.43. The number of hydrogen-bond acceptors (Lipinski definition) is 2. The van der Waals surface area contributed by atoms with Crippen molar-refractivity contribution in [2.45, 2.75) is 6.54 Å². The summed E-state index contributed by atoms with van der Waals surface area (Å²) in [7, 11) is 0. The van der Waals surface area contributed by atoms with E-state index in [4.69, 9.17) is 11.6 Å². The SMILES string of the molecule is O=c1cc(CNc2cccc(Cl)c2)c2ccc(F)cc2[nH]1. The van der Waals surface area contributed by atoms with Crippen molar-refractivity contribution in [2.24, 2.45) is 0 Å². The number of halogens is 2. The predicted molar refractivity (Wildman–Crippen MR) is 83.3 cm³/mol. The number of aromatic nitrogens is 1. The van der Waals surface area contributed by atoms with Gasteiger partial charge >= 0.3 is 0 Å². The van der Waals surface area contributed by atoms with E-state index in [-0.39, 0.29) is 11.4 Å². The Bertz CT molecular complexity index is 860. The quantitative estimate of drug-likeness (QED) is 0.770. The first-order valence-electron chi connectivity index (χ1n) is 6.43. The number of hydrogen-bond donors (Lipinski definition) is 2. The van der Waals surface area contributed by atoms with E-state index in [1.54, 1.807) is 18.2 Å². The van der Waals surface area contributed by atoms with E-state index in [1.807, 2.05) is 12.1 Å². The number of H-pyrrole nitrogens is 1. The number of fused-ring (bicyclic) bond motifs is 1. The van der Waals surface area contributed by atoms with Gasteiger partial charge in [-0.2, -0.15) is 0 Å². The average molecular weight is 303 g/mol. The third kappa shape index (κ3) is 3.06. The molecule has 3 nitrogen and oxygen atoms in total. The Morgan fingerprint density at radius 3 is 2.81 bits per heavy atom. The van der Waals surface area contributed by atoms with E-state index >= 15 is 0 Å². The first-order chi connectivity index (χ1) is 10.1. The molecular formula is C16H12ClFN2O. The van der Waals surface area contributed by atoms with Gasteiger partial charge in [0.05, 0.1) is 5.52 Å². The zero-order chi connectivity index (χ0) is 14.8. The number of aromatic amines is 1. The lowest BCUT2D eigenvalue weighted by atomic mass is 10.1. The lowest BCUT2D eigenvalue weighted by molar-refractivity contribution is 0.629. The van der Waals surface area contributed by atoms with Gasteiger partial charge in [0.25, 0.3) is 0 Å². The van der Waals surface area contributed by atoms with Crippen LogP contribution in [0.4, 0.5) is 10.1 Å². The zero-order valence-electron chi connectivity index (χ0n) is 11.0. The van der Waals surface area contributed by atoms with Crippen LogP contribution in [-0.2, 0) is 6.54 Å². The maximum Gasteiger partial charge on any atom is 0.248 e. The molecule has 2 aromatic carbocycles. The normalized spacial score (nSPS) is 10.8. The highest BCUT2D eigenvalue weighted by atomic mass is 35.5. The fraction of sp³-hybridized carbons (Fsp3) is 0.0625. The lowest BCUT2D eigenvalue weighted by Gasteiger charge is -2.09. The molecule has 21 heavy (non-hydrogen) atoms. The summed E-state index contributed by atoms with van der Waals surface area (Å²) in [6.45, 7) is 0.451. The van der Waals surface area contributed by atoms with Crippen molar-refractivity contribution in [2.75, 3.05) is 5.32 Å². The van der Waals surface area contributed by atoms with E-state index < -0.39 is 0 Å². The van der Waals surface area contributed by atoms with Gasteiger partial charge in [-0.1, -0.05) is 17.7 Å². The Kier molecular flexibility index (Phi) is 3.62. The monoisotopic (exact) mass is 302 g/mol. The molecular weight excluding hydrogens is 291 g/mol. The highest BCUT2D eigenvalue weighted by Gasteiger charge is 2.05. The fourth-order valence-electron chi connectivity index (χ4n) is 2.25. The molecule has 0 bridgehead atoms. The molecule has 0 saturated heterocycles. The summed E-state index contributed by atoms with van der Waals surface area (Å²) in [6.07, 6.45) is 0. The molecule has 0 fully saturated rings. The predicted octanol–water partition coefficient (Wildman–Crippen LogP) is 3.93. The molecule has 2 N–H and O–H groups in total. The number of benzene rings is 2. The Morgan fingerprint density at radius 2 is 2.00 bits per heavy atom. The molecule has 106 valence electrons.